The van der Waals surface area contributed by atoms with E-state index in [4.69, 9.17) is 18.0 Å². The molecule has 4 nitrogen and oxygen atoms in total. The fraction of sp³-hybridized carbons (Fsp3) is 0.273. The molecule has 2 rings (SSSR count). The molecular weight excluding hydrogens is 222 g/mol. The average Bonchev–Trinajstić information content (AvgIpc) is 2.27. The summed E-state index contributed by atoms with van der Waals surface area (Å²) >= 11 is 4.70. The zero-order valence-corrected chi connectivity index (χ0v) is 9.55. The van der Waals surface area contributed by atoms with Crippen LogP contribution in [0, 0.1) is 0 Å². The zero-order chi connectivity index (χ0) is 11.5. The third-order valence-corrected chi connectivity index (χ3v) is 2.69. The zero-order valence-electron chi connectivity index (χ0n) is 8.73. The molecule has 0 atom stereocenters. The van der Waals surface area contributed by atoms with Gasteiger partial charge in [-0.15, -0.1) is 0 Å². The summed E-state index contributed by atoms with van der Waals surface area (Å²) in [5.41, 5.74) is 10.7. The molecule has 1 aliphatic carbocycles. The number of thiocarbonyl (C=S) groups is 1. The number of hydrogen-bond donors (Lipinski definition) is 3. The molecule has 0 spiro atoms. The summed E-state index contributed by atoms with van der Waals surface area (Å²) in [7, 11) is 0. The maximum atomic E-state index is 9.73. The van der Waals surface area contributed by atoms with Gasteiger partial charge in [0.05, 0.1) is 5.71 Å². The molecule has 0 fully saturated rings. The Morgan fingerprint density at radius 1 is 1.44 bits per heavy atom. The maximum Gasteiger partial charge on any atom is 0.184 e. The number of nitrogens with zero attached hydrogens (tertiary/aromatic N) is 1. The number of hydrogen-bond acceptors (Lipinski definition) is 3. The highest BCUT2D eigenvalue weighted by Crippen LogP contribution is 2.28. The first-order valence-corrected chi connectivity index (χ1v) is 5.52. The van der Waals surface area contributed by atoms with Crippen molar-refractivity contribution < 1.29 is 5.11 Å². The third kappa shape index (κ3) is 2.14. The summed E-state index contributed by atoms with van der Waals surface area (Å²) in [4.78, 5) is 0. The largest absolute Gasteiger partial charge is 0.508 e. The van der Waals surface area contributed by atoms with Crippen molar-refractivity contribution in [2.45, 2.75) is 19.3 Å². The van der Waals surface area contributed by atoms with Gasteiger partial charge in [0.1, 0.15) is 5.75 Å². The molecule has 0 heterocycles. The lowest BCUT2D eigenvalue weighted by Gasteiger charge is -2.18. The molecule has 0 amide bonds. The molecule has 0 radical (unpaired) electrons. The van der Waals surface area contributed by atoms with Gasteiger partial charge in [0, 0.05) is 11.1 Å². The molecule has 5 heteroatoms. The van der Waals surface area contributed by atoms with Crippen molar-refractivity contribution in [3.05, 3.63) is 29.3 Å². The van der Waals surface area contributed by atoms with Crippen molar-refractivity contribution in [1.82, 2.24) is 5.43 Å². The molecule has 0 unspecified atom stereocenters. The summed E-state index contributed by atoms with van der Waals surface area (Å²) < 4.78 is 0. The van der Waals surface area contributed by atoms with E-state index in [0.29, 0.717) is 5.75 Å². The number of nitrogens with one attached hydrogen (secondary N) is 1. The first kappa shape index (κ1) is 10.9. The van der Waals surface area contributed by atoms with E-state index >= 15 is 0 Å². The number of fused-ring (bicyclic) bond motifs is 1. The SMILES string of the molecule is NC(=S)N/N=C1/CCCc2c(O)cccc21. The first-order valence-electron chi connectivity index (χ1n) is 5.11. The predicted molar refractivity (Wildman–Crippen MR) is 67.5 cm³/mol. The normalized spacial score (nSPS) is 16.9. The van der Waals surface area contributed by atoms with Crippen molar-refractivity contribution in [3.63, 3.8) is 0 Å². The van der Waals surface area contributed by atoms with E-state index in [1.165, 1.54) is 0 Å². The summed E-state index contributed by atoms with van der Waals surface area (Å²) in [6.07, 6.45) is 2.72. The van der Waals surface area contributed by atoms with Crippen LogP contribution in [0.25, 0.3) is 0 Å². The smallest absolute Gasteiger partial charge is 0.184 e. The van der Waals surface area contributed by atoms with Gasteiger partial charge in [0.15, 0.2) is 5.11 Å². The van der Waals surface area contributed by atoms with E-state index in [-0.39, 0.29) is 5.11 Å². The lowest BCUT2D eigenvalue weighted by molar-refractivity contribution is 0.466. The predicted octanol–water partition coefficient (Wildman–Crippen LogP) is 1.27. The molecule has 0 saturated carbocycles. The minimum atomic E-state index is 0.153. The maximum absolute atomic E-state index is 9.73. The lowest BCUT2D eigenvalue weighted by Crippen LogP contribution is -2.26. The standard InChI is InChI=1S/C11H13N3OS/c12-11(16)14-13-9-5-1-4-8-7(9)3-2-6-10(8)15/h2-3,6,15H,1,4-5H2,(H3,12,14,16)/b13-9-. The number of hydrazone groups is 1. The highest BCUT2D eigenvalue weighted by Gasteiger charge is 2.17. The molecule has 1 aromatic carbocycles. The van der Waals surface area contributed by atoms with Crippen LogP contribution in [-0.2, 0) is 6.42 Å². The molecule has 0 bridgehead atoms. The van der Waals surface area contributed by atoms with Gasteiger partial charge in [0.25, 0.3) is 0 Å². The number of aromatic hydroxyl groups is 1. The second kappa shape index (κ2) is 4.49. The van der Waals surface area contributed by atoms with Crippen LogP contribution in [0.5, 0.6) is 5.75 Å². The van der Waals surface area contributed by atoms with Crippen molar-refractivity contribution in [2.75, 3.05) is 0 Å². The summed E-state index contributed by atoms with van der Waals surface area (Å²) in [5, 5.41) is 14.0. The Kier molecular flexibility index (Phi) is 3.05. The second-order valence-corrected chi connectivity index (χ2v) is 4.13. The Morgan fingerprint density at radius 3 is 3.00 bits per heavy atom. The van der Waals surface area contributed by atoms with Crippen LogP contribution in [-0.4, -0.2) is 15.9 Å². The number of rotatable bonds is 1. The van der Waals surface area contributed by atoms with Crippen LogP contribution < -0.4 is 11.2 Å². The van der Waals surface area contributed by atoms with Crippen LogP contribution in [0.2, 0.25) is 0 Å². The van der Waals surface area contributed by atoms with Crippen LogP contribution in [0.3, 0.4) is 0 Å². The Bertz CT molecular complexity index is 457. The van der Waals surface area contributed by atoms with Gasteiger partial charge in [-0.1, -0.05) is 12.1 Å². The van der Waals surface area contributed by atoms with E-state index < -0.39 is 0 Å². The molecular formula is C11H13N3OS. The van der Waals surface area contributed by atoms with Crippen LogP contribution in [0.1, 0.15) is 24.0 Å². The van der Waals surface area contributed by atoms with Gasteiger partial charge in [0.2, 0.25) is 0 Å². The van der Waals surface area contributed by atoms with Gasteiger partial charge in [-0.25, -0.2) is 0 Å². The number of phenolic OH excluding ortho intramolecular Hbond substituents is 1. The Morgan fingerprint density at radius 2 is 2.25 bits per heavy atom. The van der Waals surface area contributed by atoms with Crippen molar-refractivity contribution in [2.24, 2.45) is 10.8 Å². The van der Waals surface area contributed by atoms with Crippen molar-refractivity contribution in [1.29, 1.82) is 0 Å². The molecule has 0 saturated heterocycles. The quantitative estimate of drug-likeness (QED) is 0.506. The number of phenols is 1. The number of benzene rings is 1. The van der Waals surface area contributed by atoms with E-state index in [1.54, 1.807) is 6.07 Å². The molecule has 1 aromatic rings. The minimum absolute atomic E-state index is 0.153. The highest BCUT2D eigenvalue weighted by atomic mass is 32.1. The van der Waals surface area contributed by atoms with Crippen LogP contribution in [0.15, 0.2) is 23.3 Å². The van der Waals surface area contributed by atoms with Crippen LogP contribution >= 0.6 is 12.2 Å². The van der Waals surface area contributed by atoms with E-state index in [9.17, 15) is 5.11 Å². The summed E-state index contributed by atoms with van der Waals surface area (Å²) in [5.74, 6) is 0.334. The van der Waals surface area contributed by atoms with Gasteiger partial charge in [-0.05, 0) is 37.5 Å². The van der Waals surface area contributed by atoms with Crippen molar-refractivity contribution >= 4 is 23.0 Å². The second-order valence-electron chi connectivity index (χ2n) is 3.69. The molecule has 4 N–H and O–H groups in total. The average molecular weight is 235 g/mol. The summed E-state index contributed by atoms with van der Waals surface area (Å²) in [6, 6.07) is 5.47. The van der Waals surface area contributed by atoms with Gasteiger partial charge in [-0.3, -0.25) is 5.43 Å². The molecule has 0 aromatic heterocycles. The van der Waals surface area contributed by atoms with Crippen LogP contribution in [0.4, 0.5) is 0 Å². The molecule has 84 valence electrons. The monoisotopic (exact) mass is 235 g/mol. The highest BCUT2D eigenvalue weighted by molar-refractivity contribution is 7.80. The van der Waals surface area contributed by atoms with E-state index in [2.05, 4.69) is 10.5 Å². The number of nitrogens with two attached hydrogens (primary N) is 1. The summed E-state index contributed by atoms with van der Waals surface area (Å²) in [6.45, 7) is 0. The van der Waals surface area contributed by atoms with Crippen molar-refractivity contribution in [3.8, 4) is 5.75 Å². The third-order valence-electron chi connectivity index (χ3n) is 2.60. The lowest BCUT2D eigenvalue weighted by atomic mass is 9.89. The van der Waals surface area contributed by atoms with Gasteiger partial charge >= 0.3 is 0 Å². The Hall–Kier alpha value is -1.62. The fourth-order valence-corrected chi connectivity index (χ4v) is 1.96. The Labute approximate surface area is 99.2 Å². The minimum Gasteiger partial charge on any atom is -0.508 e. The first-order chi connectivity index (χ1) is 7.68. The molecule has 0 aliphatic heterocycles. The molecule has 1 aliphatic rings. The fourth-order valence-electron chi connectivity index (χ4n) is 1.91. The van der Waals surface area contributed by atoms with E-state index in [0.717, 1.165) is 36.1 Å². The topological polar surface area (TPSA) is 70.6 Å². The Balaban J connectivity index is 2.37. The molecule has 16 heavy (non-hydrogen) atoms. The van der Waals surface area contributed by atoms with Gasteiger partial charge < -0.3 is 10.8 Å². The van der Waals surface area contributed by atoms with Gasteiger partial charge in [-0.2, -0.15) is 5.10 Å². The van der Waals surface area contributed by atoms with E-state index in [1.807, 2.05) is 12.1 Å².